The van der Waals surface area contributed by atoms with Crippen molar-refractivity contribution in [3.05, 3.63) is 95.6 Å². The Balaban J connectivity index is 1.81. The molecule has 0 N–H and O–H groups in total. The van der Waals surface area contributed by atoms with Crippen LogP contribution in [0, 0.1) is 0 Å². The van der Waals surface area contributed by atoms with Crippen molar-refractivity contribution in [3.63, 3.8) is 0 Å². The van der Waals surface area contributed by atoms with Crippen LogP contribution in [-0.2, 0) is 25.8 Å². The zero-order valence-corrected chi connectivity index (χ0v) is 14.0. The zero-order valence-electron chi connectivity index (χ0n) is 14.0. The van der Waals surface area contributed by atoms with Crippen molar-refractivity contribution in [3.8, 4) is 0 Å². The van der Waals surface area contributed by atoms with Gasteiger partial charge >= 0.3 is 6.18 Å². The Bertz CT molecular complexity index is 779. The summed E-state index contributed by atoms with van der Waals surface area (Å²) in [4.78, 5) is 10.2. The monoisotopic (exact) mass is 357 g/mol. The lowest BCUT2D eigenvalue weighted by Gasteiger charge is -2.23. The topological polar surface area (TPSA) is 29.0 Å². The lowest BCUT2D eigenvalue weighted by molar-refractivity contribution is -0.137. The van der Waals surface area contributed by atoms with Crippen LogP contribution in [0.1, 0.15) is 22.3 Å². The number of hydrogen-bond donors (Lipinski definition) is 0. The zero-order chi connectivity index (χ0) is 18.4. The van der Waals surface area contributed by atoms with Gasteiger partial charge in [0.2, 0.25) is 0 Å². The number of aromatic nitrogens is 2. The van der Waals surface area contributed by atoms with Crippen LogP contribution in [0.5, 0.6) is 0 Å². The molecule has 2 aromatic heterocycles. The number of alkyl halides is 3. The minimum Gasteiger partial charge on any atom is -0.291 e. The molecule has 0 amide bonds. The number of halogens is 3. The van der Waals surface area contributed by atoms with E-state index < -0.39 is 11.7 Å². The lowest BCUT2D eigenvalue weighted by Crippen LogP contribution is -2.22. The minimum atomic E-state index is -4.34. The van der Waals surface area contributed by atoms with E-state index in [-0.39, 0.29) is 0 Å². The van der Waals surface area contributed by atoms with E-state index in [1.165, 1.54) is 12.1 Å². The van der Waals surface area contributed by atoms with Crippen LogP contribution in [0.4, 0.5) is 13.2 Å². The first-order chi connectivity index (χ1) is 12.5. The smallest absolute Gasteiger partial charge is 0.291 e. The van der Waals surface area contributed by atoms with Gasteiger partial charge in [-0.15, -0.1) is 0 Å². The Kier molecular flexibility index (Phi) is 5.63. The average Bonchev–Trinajstić information content (AvgIpc) is 2.63. The van der Waals surface area contributed by atoms with Crippen molar-refractivity contribution in [2.45, 2.75) is 25.8 Å². The van der Waals surface area contributed by atoms with E-state index in [2.05, 4.69) is 14.9 Å². The highest BCUT2D eigenvalue weighted by Gasteiger charge is 2.30. The van der Waals surface area contributed by atoms with Gasteiger partial charge in [-0.2, -0.15) is 13.2 Å². The molecule has 0 radical (unpaired) electrons. The summed E-state index contributed by atoms with van der Waals surface area (Å²) in [5.74, 6) is 0. The van der Waals surface area contributed by atoms with E-state index in [0.29, 0.717) is 25.2 Å². The minimum absolute atomic E-state index is 0.404. The molecule has 3 rings (SSSR count). The maximum atomic E-state index is 13.0. The predicted molar refractivity (Wildman–Crippen MR) is 92.9 cm³/mol. The normalized spacial score (nSPS) is 11.7. The van der Waals surface area contributed by atoms with Crippen LogP contribution in [-0.4, -0.2) is 14.9 Å². The Morgan fingerprint density at radius 3 is 2.12 bits per heavy atom. The summed E-state index contributed by atoms with van der Waals surface area (Å²) in [6, 6.07) is 13.1. The van der Waals surface area contributed by atoms with Gasteiger partial charge in [0.25, 0.3) is 0 Å². The van der Waals surface area contributed by atoms with Gasteiger partial charge in [0.1, 0.15) is 0 Å². The van der Waals surface area contributed by atoms with Gasteiger partial charge in [-0.05, 0) is 41.0 Å². The second kappa shape index (κ2) is 8.10. The summed E-state index contributed by atoms with van der Waals surface area (Å²) in [5, 5.41) is 0. The fraction of sp³-hybridized carbons (Fsp3) is 0.200. The number of benzene rings is 1. The third kappa shape index (κ3) is 5.13. The average molecular weight is 357 g/mol. The SMILES string of the molecule is FC(F)(F)c1cccc(CN(Cc2ccncc2)Cc2cccnc2)c1. The summed E-state index contributed by atoms with van der Waals surface area (Å²) in [5.41, 5.74) is 2.06. The molecule has 0 saturated carbocycles. The second-order valence-electron chi connectivity index (χ2n) is 6.06. The van der Waals surface area contributed by atoms with Crippen LogP contribution in [0.25, 0.3) is 0 Å². The van der Waals surface area contributed by atoms with E-state index in [9.17, 15) is 13.2 Å². The van der Waals surface area contributed by atoms with Crippen molar-refractivity contribution in [2.24, 2.45) is 0 Å². The summed E-state index contributed by atoms with van der Waals surface area (Å²) in [6.07, 6.45) is 2.55. The second-order valence-corrected chi connectivity index (χ2v) is 6.06. The molecule has 3 nitrogen and oxygen atoms in total. The van der Waals surface area contributed by atoms with Crippen LogP contribution in [0.15, 0.2) is 73.3 Å². The molecule has 0 aliphatic rings. The molecule has 6 heteroatoms. The Morgan fingerprint density at radius 2 is 1.42 bits per heavy atom. The van der Waals surface area contributed by atoms with Crippen molar-refractivity contribution in [1.82, 2.24) is 14.9 Å². The standard InChI is InChI=1S/C20H18F3N3/c21-20(22,23)19-5-1-3-17(11-19)14-26(13-16-6-9-24-10-7-16)15-18-4-2-8-25-12-18/h1-12H,13-15H2. The maximum absolute atomic E-state index is 13.0. The van der Waals surface area contributed by atoms with Crippen LogP contribution in [0.2, 0.25) is 0 Å². The molecule has 0 aliphatic heterocycles. The van der Waals surface area contributed by atoms with Crippen LogP contribution >= 0.6 is 0 Å². The van der Waals surface area contributed by atoms with E-state index >= 15 is 0 Å². The molecule has 2 heterocycles. The molecule has 134 valence electrons. The van der Waals surface area contributed by atoms with E-state index in [1.807, 2.05) is 24.3 Å². The molecule has 0 atom stereocenters. The fourth-order valence-electron chi connectivity index (χ4n) is 2.77. The summed E-state index contributed by atoms with van der Waals surface area (Å²) in [6.45, 7) is 1.60. The third-order valence-corrected chi connectivity index (χ3v) is 3.95. The molecule has 0 aliphatic carbocycles. The predicted octanol–water partition coefficient (Wildman–Crippen LogP) is 4.70. The highest BCUT2D eigenvalue weighted by molar-refractivity contribution is 5.26. The summed E-state index contributed by atoms with van der Waals surface area (Å²) in [7, 11) is 0. The van der Waals surface area contributed by atoms with Gasteiger partial charge in [0.05, 0.1) is 5.56 Å². The molecule has 1 aromatic carbocycles. The molecule has 0 unspecified atom stereocenters. The first-order valence-electron chi connectivity index (χ1n) is 8.17. The number of rotatable bonds is 6. The first kappa shape index (κ1) is 18.1. The molecule has 0 saturated heterocycles. The fourth-order valence-corrected chi connectivity index (χ4v) is 2.77. The Labute approximate surface area is 150 Å². The number of nitrogens with zero attached hydrogens (tertiary/aromatic N) is 3. The Hall–Kier alpha value is -2.73. The Morgan fingerprint density at radius 1 is 0.731 bits per heavy atom. The highest BCUT2D eigenvalue weighted by atomic mass is 19.4. The largest absolute Gasteiger partial charge is 0.416 e. The first-order valence-corrected chi connectivity index (χ1v) is 8.17. The van der Waals surface area contributed by atoms with Crippen LogP contribution in [0.3, 0.4) is 0 Å². The van der Waals surface area contributed by atoms with Crippen molar-refractivity contribution < 1.29 is 13.2 Å². The van der Waals surface area contributed by atoms with E-state index in [4.69, 9.17) is 0 Å². The lowest BCUT2D eigenvalue weighted by atomic mass is 10.1. The van der Waals surface area contributed by atoms with E-state index in [0.717, 1.165) is 17.2 Å². The van der Waals surface area contributed by atoms with Crippen molar-refractivity contribution in [2.75, 3.05) is 0 Å². The van der Waals surface area contributed by atoms with E-state index in [1.54, 1.807) is 30.9 Å². The quantitative estimate of drug-likeness (QED) is 0.640. The molecule has 0 bridgehead atoms. The summed E-state index contributed by atoms with van der Waals surface area (Å²) < 4.78 is 38.9. The van der Waals surface area contributed by atoms with Crippen LogP contribution < -0.4 is 0 Å². The molecule has 3 aromatic rings. The highest BCUT2D eigenvalue weighted by Crippen LogP contribution is 2.30. The molecular formula is C20H18F3N3. The van der Waals surface area contributed by atoms with Gasteiger partial charge in [0.15, 0.2) is 0 Å². The molecular weight excluding hydrogens is 339 g/mol. The third-order valence-electron chi connectivity index (χ3n) is 3.95. The number of pyridine rings is 2. The molecule has 0 spiro atoms. The van der Waals surface area contributed by atoms with Gasteiger partial charge in [0, 0.05) is 44.4 Å². The number of hydrogen-bond acceptors (Lipinski definition) is 3. The van der Waals surface area contributed by atoms with Gasteiger partial charge < -0.3 is 0 Å². The van der Waals surface area contributed by atoms with Crippen molar-refractivity contribution in [1.29, 1.82) is 0 Å². The van der Waals surface area contributed by atoms with Gasteiger partial charge in [-0.3, -0.25) is 14.9 Å². The molecule has 0 fully saturated rings. The van der Waals surface area contributed by atoms with Crippen molar-refractivity contribution >= 4 is 0 Å². The maximum Gasteiger partial charge on any atom is 0.416 e. The molecule has 26 heavy (non-hydrogen) atoms. The van der Waals surface area contributed by atoms with Gasteiger partial charge in [-0.25, -0.2) is 0 Å². The van der Waals surface area contributed by atoms with Gasteiger partial charge in [-0.1, -0.05) is 24.3 Å². The summed E-state index contributed by atoms with van der Waals surface area (Å²) >= 11 is 0.